The van der Waals surface area contributed by atoms with Crippen LogP contribution in [0.1, 0.15) is 36.3 Å². The topological polar surface area (TPSA) is 105 Å². The van der Waals surface area contributed by atoms with Crippen molar-refractivity contribution >= 4 is 18.0 Å². The van der Waals surface area contributed by atoms with Gasteiger partial charge in [0.25, 0.3) is 0 Å². The number of amides is 2. The average Bonchev–Trinajstić information content (AvgIpc) is 3.16. The van der Waals surface area contributed by atoms with Crippen LogP contribution in [-0.2, 0) is 14.3 Å². The van der Waals surface area contributed by atoms with E-state index in [0.717, 1.165) is 22.3 Å². The van der Waals surface area contributed by atoms with Crippen molar-refractivity contribution in [3.05, 3.63) is 84.5 Å². The molecule has 7 nitrogen and oxygen atoms in total. The molecule has 0 saturated heterocycles. The molecule has 176 valence electrons. The first kappa shape index (κ1) is 23.3. The van der Waals surface area contributed by atoms with Crippen molar-refractivity contribution in [2.45, 2.75) is 37.3 Å². The number of carboxylic acids is 1. The van der Waals surface area contributed by atoms with Crippen LogP contribution in [-0.4, -0.2) is 41.8 Å². The van der Waals surface area contributed by atoms with Gasteiger partial charge in [-0.05, 0) is 41.5 Å². The molecular weight excluding hydrogens is 432 g/mol. The minimum absolute atomic E-state index is 0.0311. The van der Waals surface area contributed by atoms with Crippen molar-refractivity contribution in [1.82, 2.24) is 10.6 Å². The molecule has 34 heavy (non-hydrogen) atoms. The molecule has 3 atom stereocenters. The largest absolute Gasteiger partial charge is 0.480 e. The van der Waals surface area contributed by atoms with Crippen LogP contribution in [0.25, 0.3) is 11.1 Å². The molecule has 2 aliphatic rings. The Morgan fingerprint density at radius 3 is 2.35 bits per heavy atom. The summed E-state index contributed by atoms with van der Waals surface area (Å²) in [6.45, 7) is 3.74. The van der Waals surface area contributed by atoms with Gasteiger partial charge in [0.15, 0.2) is 0 Å². The summed E-state index contributed by atoms with van der Waals surface area (Å²) in [6, 6.07) is 14.9. The van der Waals surface area contributed by atoms with Gasteiger partial charge in [-0.25, -0.2) is 9.59 Å². The number of hydrogen-bond donors (Lipinski definition) is 3. The summed E-state index contributed by atoms with van der Waals surface area (Å²) >= 11 is 0. The van der Waals surface area contributed by atoms with E-state index in [2.05, 4.69) is 41.5 Å². The van der Waals surface area contributed by atoms with Gasteiger partial charge in [-0.15, -0.1) is 6.58 Å². The molecule has 0 aliphatic heterocycles. The van der Waals surface area contributed by atoms with E-state index in [1.807, 2.05) is 36.4 Å². The standard InChI is InChI=1S/C27H28N2O5/c1-2-8-24(26(31)32)29-25(30)17-9-7-10-18(15-17)28-27(33)34-16-23-21-13-5-3-11-19(21)20-12-4-6-14-22(20)23/h2-7,10-14,17-18,23-24H,1,8-9,15-16H2,(H,28,33)(H,29,30)(H,31,32). The van der Waals surface area contributed by atoms with E-state index in [0.29, 0.717) is 12.8 Å². The lowest BCUT2D eigenvalue weighted by Crippen LogP contribution is -2.46. The minimum Gasteiger partial charge on any atom is -0.480 e. The molecule has 7 heteroatoms. The Kier molecular flexibility index (Phi) is 7.11. The number of carbonyl (C=O) groups excluding carboxylic acids is 2. The van der Waals surface area contributed by atoms with Crippen molar-refractivity contribution in [3.63, 3.8) is 0 Å². The fourth-order valence-electron chi connectivity index (χ4n) is 4.68. The third-order valence-corrected chi connectivity index (χ3v) is 6.36. The summed E-state index contributed by atoms with van der Waals surface area (Å²) in [5, 5.41) is 14.6. The maximum absolute atomic E-state index is 12.6. The van der Waals surface area contributed by atoms with E-state index < -0.39 is 24.0 Å². The third-order valence-electron chi connectivity index (χ3n) is 6.36. The first-order valence-corrected chi connectivity index (χ1v) is 11.4. The maximum atomic E-state index is 12.6. The molecule has 2 amide bonds. The van der Waals surface area contributed by atoms with Crippen LogP contribution in [0.2, 0.25) is 0 Å². The number of carboxylic acid groups (broad SMARTS) is 1. The Morgan fingerprint density at radius 2 is 1.74 bits per heavy atom. The van der Waals surface area contributed by atoms with E-state index in [1.54, 1.807) is 0 Å². The molecule has 0 saturated carbocycles. The number of ether oxygens (including phenoxy) is 1. The summed E-state index contributed by atoms with van der Waals surface area (Å²) in [7, 11) is 0. The molecule has 0 bridgehead atoms. The fourth-order valence-corrected chi connectivity index (χ4v) is 4.68. The number of rotatable bonds is 8. The highest BCUT2D eigenvalue weighted by atomic mass is 16.5. The van der Waals surface area contributed by atoms with Crippen molar-refractivity contribution in [1.29, 1.82) is 0 Å². The second-order valence-corrected chi connectivity index (χ2v) is 8.60. The van der Waals surface area contributed by atoms with Crippen molar-refractivity contribution in [3.8, 4) is 11.1 Å². The maximum Gasteiger partial charge on any atom is 0.407 e. The molecule has 3 N–H and O–H groups in total. The quantitative estimate of drug-likeness (QED) is 0.517. The van der Waals surface area contributed by atoms with Gasteiger partial charge in [0.2, 0.25) is 5.91 Å². The summed E-state index contributed by atoms with van der Waals surface area (Å²) in [5.74, 6) is -1.92. The van der Waals surface area contributed by atoms with Gasteiger partial charge in [0, 0.05) is 11.8 Å². The van der Waals surface area contributed by atoms with E-state index in [4.69, 9.17) is 4.74 Å². The smallest absolute Gasteiger partial charge is 0.407 e. The Morgan fingerprint density at radius 1 is 1.09 bits per heavy atom. The lowest BCUT2D eigenvalue weighted by Gasteiger charge is -2.26. The van der Waals surface area contributed by atoms with Gasteiger partial charge in [-0.1, -0.05) is 66.8 Å². The first-order chi connectivity index (χ1) is 16.5. The van der Waals surface area contributed by atoms with Crippen molar-refractivity contribution in [2.75, 3.05) is 6.61 Å². The lowest BCUT2D eigenvalue weighted by atomic mass is 9.90. The number of alkyl carbamates (subject to hydrolysis) is 1. The highest BCUT2D eigenvalue weighted by Gasteiger charge is 2.31. The molecule has 0 fully saturated rings. The number of nitrogens with one attached hydrogen (secondary N) is 2. The number of allylic oxidation sites excluding steroid dienone is 1. The highest BCUT2D eigenvalue weighted by Crippen LogP contribution is 2.44. The zero-order valence-corrected chi connectivity index (χ0v) is 18.8. The monoisotopic (exact) mass is 460 g/mol. The summed E-state index contributed by atoms with van der Waals surface area (Å²) in [5.41, 5.74) is 4.59. The predicted molar refractivity (Wildman–Crippen MR) is 128 cm³/mol. The summed E-state index contributed by atoms with van der Waals surface area (Å²) in [6.07, 6.45) is 5.57. The molecule has 0 radical (unpaired) electrons. The first-order valence-electron chi connectivity index (χ1n) is 11.4. The van der Waals surface area contributed by atoms with Crippen LogP contribution in [0, 0.1) is 5.92 Å². The van der Waals surface area contributed by atoms with Gasteiger partial charge in [0.1, 0.15) is 12.6 Å². The Bertz CT molecular complexity index is 1080. The molecular formula is C27H28N2O5. The van der Waals surface area contributed by atoms with Gasteiger partial charge in [-0.2, -0.15) is 0 Å². The Hall–Kier alpha value is -3.87. The van der Waals surface area contributed by atoms with Gasteiger partial charge in [-0.3, -0.25) is 4.79 Å². The Labute approximate surface area is 198 Å². The number of benzene rings is 2. The van der Waals surface area contributed by atoms with Gasteiger partial charge < -0.3 is 20.5 Å². The molecule has 2 aromatic carbocycles. The second-order valence-electron chi connectivity index (χ2n) is 8.60. The normalized spacial score (nSPS) is 19.4. The third kappa shape index (κ3) is 5.03. The van der Waals surface area contributed by atoms with Crippen molar-refractivity contribution < 1.29 is 24.2 Å². The highest BCUT2D eigenvalue weighted by molar-refractivity contribution is 5.85. The van der Waals surface area contributed by atoms with E-state index in [9.17, 15) is 19.5 Å². The number of hydrogen-bond acceptors (Lipinski definition) is 4. The van der Waals surface area contributed by atoms with Crippen molar-refractivity contribution in [2.24, 2.45) is 5.92 Å². The molecule has 2 aliphatic carbocycles. The van der Waals surface area contributed by atoms with E-state index >= 15 is 0 Å². The van der Waals surface area contributed by atoms with Crippen LogP contribution in [0.3, 0.4) is 0 Å². The van der Waals surface area contributed by atoms with Crippen LogP contribution in [0.5, 0.6) is 0 Å². The molecule has 4 rings (SSSR count). The Balaban J connectivity index is 1.33. The molecule has 0 heterocycles. The van der Waals surface area contributed by atoms with Crippen LogP contribution in [0.4, 0.5) is 4.79 Å². The number of carbonyl (C=O) groups is 3. The zero-order chi connectivity index (χ0) is 24.1. The second kappa shape index (κ2) is 10.4. The van der Waals surface area contributed by atoms with Gasteiger partial charge in [0.05, 0.1) is 6.04 Å². The number of aliphatic carboxylic acids is 1. The summed E-state index contributed by atoms with van der Waals surface area (Å²) < 4.78 is 5.59. The lowest BCUT2D eigenvalue weighted by molar-refractivity contribution is -0.142. The molecule has 2 aromatic rings. The fraction of sp³-hybridized carbons (Fsp3) is 0.296. The van der Waals surface area contributed by atoms with Gasteiger partial charge >= 0.3 is 12.1 Å². The predicted octanol–water partition coefficient (Wildman–Crippen LogP) is 4.01. The SMILES string of the molecule is C=CCC(NC(=O)C1CC=CC(NC(=O)OCC2c3ccccc3-c3ccccc32)C1)C(=O)O. The average molecular weight is 461 g/mol. The molecule has 0 spiro atoms. The summed E-state index contributed by atoms with van der Waals surface area (Å²) in [4.78, 5) is 36.4. The number of fused-ring (bicyclic) bond motifs is 3. The molecule has 3 unspecified atom stereocenters. The van der Waals surface area contributed by atoms with Crippen LogP contribution < -0.4 is 10.6 Å². The van der Waals surface area contributed by atoms with Crippen LogP contribution >= 0.6 is 0 Å². The van der Waals surface area contributed by atoms with E-state index in [1.165, 1.54) is 6.08 Å². The zero-order valence-electron chi connectivity index (χ0n) is 18.8. The van der Waals surface area contributed by atoms with Crippen LogP contribution in [0.15, 0.2) is 73.3 Å². The minimum atomic E-state index is -1.10. The molecule has 0 aromatic heterocycles. The van der Waals surface area contributed by atoms with E-state index in [-0.39, 0.29) is 30.9 Å².